The first-order valence-corrected chi connectivity index (χ1v) is 7.43. The van der Waals surface area contributed by atoms with Crippen molar-refractivity contribution >= 4 is 44.9 Å². The summed E-state index contributed by atoms with van der Waals surface area (Å²) in [5.41, 5.74) is 7.02. The van der Waals surface area contributed by atoms with Crippen molar-refractivity contribution in [3.8, 4) is 0 Å². The lowest BCUT2D eigenvalue weighted by Gasteiger charge is -2.27. The summed E-state index contributed by atoms with van der Waals surface area (Å²) < 4.78 is 0.881. The van der Waals surface area contributed by atoms with Crippen LogP contribution in [0.2, 0.25) is 0 Å². The first kappa shape index (κ1) is 14.3. The molecule has 4 nitrogen and oxygen atoms in total. The molecule has 1 fully saturated rings. The highest BCUT2D eigenvalue weighted by molar-refractivity contribution is 9.10. The molecule has 2 rings (SSSR count). The molecule has 3 N–H and O–H groups in total. The van der Waals surface area contributed by atoms with Crippen LogP contribution < -0.4 is 11.1 Å². The van der Waals surface area contributed by atoms with Gasteiger partial charge in [0, 0.05) is 23.1 Å². The molecule has 0 spiro atoms. The Hall–Kier alpha value is -1.14. The third-order valence-corrected chi connectivity index (χ3v) is 3.85. The van der Waals surface area contributed by atoms with Crippen LogP contribution in [0.15, 0.2) is 22.7 Å². The van der Waals surface area contributed by atoms with Crippen LogP contribution in [0.25, 0.3) is 0 Å². The van der Waals surface area contributed by atoms with Gasteiger partial charge in [0.1, 0.15) is 4.99 Å². The molecule has 19 heavy (non-hydrogen) atoms. The number of benzene rings is 1. The number of likely N-dealkylation sites (tertiary alicyclic amines) is 1. The Bertz CT molecular complexity index is 501. The number of carbonyl (C=O) groups excluding carboxylic acids is 1. The van der Waals surface area contributed by atoms with E-state index in [0.29, 0.717) is 11.3 Å². The molecule has 102 valence electrons. The van der Waals surface area contributed by atoms with E-state index in [1.54, 1.807) is 6.07 Å². The number of nitrogens with one attached hydrogen (secondary N) is 1. The maximum atomic E-state index is 12.1. The van der Waals surface area contributed by atoms with Crippen LogP contribution in [0.4, 0.5) is 10.5 Å². The summed E-state index contributed by atoms with van der Waals surface area (Å²) in [6, 6.07) is 5.39. The molecule has 6 heteroatoms. The van der Waals surface area contributed by atoms with Crippen molar-refractivity contribution in [3.05, 3.63) is 28.2 Å². The largest absolute Gasteiger partial charge is 0.389 e. The average molecular weight is 342 g/mol. The van der Waals surface area contributed by atoms with Gasteiger partial charge in [0.25, 0.3) is 0 Å². The van der Waals surface area contributed by atoms with Crippen LogP contribution in [0.5, 0.6) is 0 Å². The van der Waals surface area contributed by atoms with Gasteiger partial charge in [-0.15, -0.1) is 0 Å². The fraction of sp³-hybridized carbons (Fsp3) is 0.385. The van der Waals surface area contributed by atoms with Crippen molar-refractivity contribution in [1.82, 2.24) is 4.90 Å². The number of hydrogen-bond acceptors (Lipinski definition) is 2. The van der Waals surface area contributed by atoms with E-state index in [1.807, 2.05) is 17.0 Å². The monoisotopic (exact) mass is 341 g/mol. The van der Waals surface area contributed by atoms with Crippen LogP contribution in [0, 0.1) is 0 Å². The third kappa shape index (κ3) is 3.67. The number of nitrogens with two attached hydrogens (primary N) is 1. The van der Waals surface area contributed by atoms with Gasteiger partial charge in [0.15, 0.2) is 0 Å². The highest BCUT2D eigenvalue weighted by Crippen LogP contribution is 2.22. The normalized spacial score (nSPS) is 15.1. The van der Waals surface area contributed by atoms with Crippen molar-refractivity contribution in [2.75, 3.05) is 18.4 Å². The summed E-state index contributed by atoms with van der Waals surface area (Å²) in [7, 11) is 0. The molecule has 1 heterocycles. The Morgan fingerprint density at radius 3 is 2.63 bits per heavy atom. The van der Waals surface area contributed by atoms with E-state index >= 15 is 0 Å². The second kappa shape index (κ2) is 6.34. The standard InChI is InChI=1S/C13H16BrN3OS/c14-9-4-5-11(10(8-9)12(15)19)16-13(18)17-6-2-1-3-7-17/h4-5,8H,1-3,6-7H2,(H2,15,19)(H,16,18). The molecule has 1 aromatic carbocycles. The fourth-order valence-corrected chi connectivity index (χ4v) is 2.65. The number of amides is 2. The smallest absolute Gasteiger partial charge is 0.321 e. The molecule has 1 aliphatic heterocycles. The lowest BCUT2D eigenvalue weighted by Crippen LogP contribution is -2.39. The van der Waals surface area contributed by atoms with Crippen molar-refractivity contribution in [2.24, 2.45) is 5.73 Å². The second-order valence-electron chi connectivity index (χ2n) is 4.53. The Kier molecular flexibility index (Phi) is 4.76. The van der Waals surface area contributed by atoms with Crippen molar-refractivity contribution in [2.45, 2.75) is 19.3 Å². The number of halogens is 1. The Morgan fingerprint density at radius 1 is 1.32 bits per heavy atom. The van der Waals surface area contributed by atoms with Crippen LogP contribution in [-0.4, -0.2) is 29.0 Å². The zero-order chi connectivity index (χ0) is 13.8. The molecule has 0 aliphatic carbocycles. The topological polar surface area (TPSA) is 58.4 Å². The van der Waals surface area contributed by atoms with Gasteiger partial charge >= 0.3 is 6.03 Å². The molecule has 1 saturated heterocycles. The van der Waals surface area contributed by atoms with E-state index in [0.717, 1.165) is 30.4 Å². The van der Waals surface area contributed by atoms with Gasteiger partial charge in [-0.2, -0.15) is 0 Å². The SMILES string of the molecule is NC(=S)c1cc(Br)ccc1NC(=O)N1CCCCC1. The summed E-state index contributed by atoms with van der Waals surface area (Å²) >= 11 is 8.38. The lowest BCUT2D eigenvalue weighted by molar-refractivity contribution is 0.200. The van der Waals surface area contributed by atoms with Gasteiger partial charge in [-0.25, -0.2) is 4.79 Å². The zero-order valence-corrected chi connectivity index (χ0v) is 12.9. The minimum atomic E-state index is -0.0838. The van der Waals surface area contributed by atoms with Crippen LogP contribution in [-0.2, 0) is 0 Å². The van der Waals surface area contributed by atoms with Gasteiger partial charge in [0.05, 0.1) is 5.69 Å². The molecule has 0 saturated carbocycles. The molecular formula is C13H16BrN3OS. The summed E-state index contributed by atoms with van der Waals surface area (Å²) in [5.74, 6) is 0. The molecule has 1 aromatic rings. The molecule has 0 unspecified atom stereocenters. The minimum absolute atomic E-state index is 0.0838. The van der Waals surface area contributed by atoms with E-state index in [1.165, 1.54) is 6.42 Å². The third-order valence-electron chi connectivity index (χ3n) is 3.13. The first-order chi connectivity index (χ1) is 9.08. The Labute approximate surface area is 126 Å². The number of urea groups is 1. The van der Waals surface area contributed by atoms with Gasteiger partial charge in [-0.05, 0) is 37.5 Å². The van der Waals surface area contributed by atoms with Gasteiger partial charge in [-0.3, -0.25) is 0 Å². The summed E-state index contributed by atoms with van der Waals surface area (Å²) in [5, 5.41) is 2.89. The van der Waals surface area contributed by atoms with Crippen molar-refractivity contribution in [1.29, 1.82) is 0 Å². The van der Waals surface area contributed by atoms with E-state index in [9.17, 15) is 4.79 Å². The fourth-order valence-electron chi connectivity index (χ4n) is 2.12. The highest BCUT2D eigenvalue weighted by Gasteiger charge is 2.17. The Balaban J connectivity index is 2.13. The zero-order valence-electron chi connectivity index (χ0n) is 10.5. The number of thiocarbonyl (C=S) groups is 1. The number of rotatable bonds is 2. The van der Waals surface area contributed by atoms with Crippen molar-refractivity contribution in [3.63, 3.8) is 0 Å². The van der Waals surface area contributed by atoms with Gasteiger partial charge < -0.3 is 16.0 Å². The number of nitrogens with zero attached hydrogens (tertiary/aromatic N) is 1. The average Bonchev–Trinajstić information content (AvgIpc) is 2.41. The van der Waals surface area contributed by atoms with Gasteiger partial charge in [-0.1, -0.05) is 28.1 Å². The Morgan fingerprint density at radius 2 is 2.00 bits per heavy atom. The molecule has 0 radical (unpaired) electrons. The number of hydrogen-bond donors (Lipinski definition) is 2. The first-order valence-electron chi connectivity index (χ1n) is 6.23. The van der Waals surface area contributed by atoms with E-state index in [-0.39, 0.29) is 11.0 Å². The maximum absolute atomic E-state index is 12.1. The minimum Gasteiger partial charge on any atom is -0.389 e. The predicted octanol–water partition coefficient (Wildman–Crippen LogP) is 3.10. The van der Waals surface area contributed by atoms with E-state index in [4.69, 9.17) is 18.0 Å². The second-order valence-corrected chi connectivity index (χ2v) is 5.89. The molecule has 1 aliphatic rings. The number of carbonyl (C=O) groups is 1. The maximum Gasteiger partial charge on any atom is 0.321 e. The molecule has 0 aromatic heterocycles. The summed E-state index contributed by atoms with van der Waals surface area (Å²) in [6.07, 6.45) is 3.33. The molecule has 2 amide bonds. The summed E-state index contributed by atoms with van der Waals surface area (Å²) in [4.78, 5) is 14.2. The predicted molar refractivity (Wildman–Crippen MR) is 84.5 cm³/mol. The summed E-state index contributed by atoms with van der Waals surface area (Å²) in [6.45, 7) is 1.62. The number of piperidine rings is 1. The molecule has 0 bridgehead atoms. The van der Waals surface area contributed by atoms with Gasteiger partial charge in [0.2, 0.25) is 0 Å². The highest BCUT2D eigenvalue weighted by atomic mass is 79.9. The van der Waals surface area contributed by atoms with Crippen LogP contribution in [0.3, 0.4) is 0 Å². The molecular weight excluding hydrogens is 326 g/mol. The quantitative estimate of drug-likeness (QED) is 0.812. The lowest BCUT2D eigenvalue weighted by atomic mass is 10.1. The molecule has 0 atom stereocenters. The van der Waals surface area contributed by atoms with Crippen molar-refractivity contribution < 1.29 is 4.79 Å². The van der Waals surface area contributed by atoms with E-state index in [2.05, 4.69) is 21.2 Å². The van der Waals surface area contributed by atoms with E-state index < -0.39 is 0 Å². The van der Waals surface area contributed by atoms with Crippen LogP contribution >= 0.6 is 28.1 Å². The van der Waals surface area contributed by atoms with Crippen LogP contribution in [0.1, 0.15) is 24.8 Å². The number of anilines is 1.